The number of nitrogens with zero attached hydrogens (tertiary/aromatic N) is 1. The van der Waals surface area contributed by atoms with E-state index in [-0.39, 0.29) is 0 Å². The predicted molar refractivity (Wildman–Crippen MR) is 57.8 cm³/mol. The van der Waals surface area contributed by atoms with Crippen LogP contribution >= 0.6 is 0 Å². The predicted octanol–water partition coefficient (Wildman–Crippen LogP) is 3.31. The third-order valence-corrected chi connectivity index (χ3v) is 2.11. The number of hydrogen-bond acceptors (Lipinski definition) is 2. The van der Waals surface area contributed by atoms with Gasteiger partial charge >= 0.3 is 0 Å². The molecule has 2 heteroatoms. The van der Waals surface area contributed by atoms with Crippen molar-refractivity contribution in [2.24, 2.45) is 0 Å². The van der Waals surface area contributed by atoms with Crippen molar-refractivity contribution in [3.8, 4) is 0 Å². The molecule has 0 aromatic carbocycles. The molecule has 0 aromatic heterocycles. The van der Waals surface area contributed by atoms with E-state index in [1.807, 2.05) is 6.92 Å². The minimum Gasteiger partial charge on any atom is -0.495 e. The molecule has 0 saturated carbocycles. The second-order valence-corrected chi connectivity index (χ2v) is 3.34. The molecule has 0 amide bonds. The van der Waals surface area contributed by atoms with Crippen molar-refractivity contribution in [3.05, 3.63) is 12.0 Å². The van der Waals surface area contributed by atoms with Crippen LogP contribution in [0.2, 0.25) is 0 Å². The summed E-state index contributed by atoms with van der Waals surface area (Å²) in [5, 5.41) is 9.54. The monoisotopic (exact) mass is 185 g/mol. The van der Waals surface area contributed by atoms with Gasteiger partial charge in [0.05, 0.1) is 0 Å². The highest BCUT2D eigenvalue weighted by molar-refractivity contribution is 4.87. The summed E-state index contributed by atoms with van der Waals surface area (Å²) in [4.78, 5) is 2.05. The third kappa shape index (κ3) is 5.56. The minimum absolute atomic E-state index is 0.429. The molecule has 0 radical (unpaired) electrons. The Morgan fingerprint density at radius 2 is 1.85 bits per heavy atom. The SMILES string of the molecule is C/C=C(/O)N(CCC)CCCCC. The van der Waals surface area contributed by atoms with E-state index in [1.165, 1.54) is 19.3 Å². The van der Waals surface area contributed by atoms with E-state index in [2.05, 4.69) is 18.7 Å². The van der Waals surface area contributed by atoms with E-state index in [0.29, 0.717) is 5.88 Å². The molecule has 1 N–H and O–H groups in total. The standard InChI is InChI=1S/C11H23NO/c1-4-7-8-10-12(9-5-2)11(13)6-3/h6,13H,4-5,7-10H2,1-3H3/b11-6+. The Hall–Kier alpha value is -0.660. The summed E-state index contributed by atoms with van der Waals surface area (Å²) in [5.41, 5.74) is 0. The van der Waals surface area contributed by atoms with Crippen molar-refractivity contribution in [1.29, 1.82) is 0 Å². The van der Waals surface area contributed by atoms with Crippen LogP contribution in [-0.4, -0.2) is 23.1 Å². The molecular weight excluding hydrogens is 162 g/mol. The molecule has 0 bridgehead atoms. The topological polar surface area (TPSA) is 23.5 Å². The van der Waals surface area contributed by atoms with E-state index in [9.17, 15) is 5.11 Å². The van der Waals surface area contributed by atoms with Crippen LogP contribution in [-0.2, 0) is 0 Å². The number of unbranched alkanes of at least 4 members (excludes halogenated alkanes) is 2. The smallest absolute Gasteiger partial charge is 0.182 e. The van der Waals surface area contributed by atoms with Crippen molar-refractivity contribution >= 4 is 0 Å². The molecular formula is C11H23NO. The van der Waals surface area contributed by atoms with Crippen molar-refractivity contribution in [3.63, 3.8) is 0 Å². The molecule has 0 heterocycles. The Bertz CT molecular complexity index is 143. The van der Waals surface area contributed by atoms with Crippen molar-refractivity contribution in [2.45, 2.75) is 46.5 Å². The summed E-state index contributed by atoms with van der Waals surface area (Å²) < 4.78 is 0. The molecule has 0 rings (SSSR count). The van der Waals surface area contributed by atoms with Gasteiger partial charge in [-0.05, 0) is 25.8 Å². The zero-order valence-electron chi connectivity index (χ0n) is 9.21. The number of allylic oxidation sites excluding steroid dienone is 1. The summed E-state index contributed by atoms with van der Waals surface area (Å²) >= 11 is 0. The van der Waals surface area contributed by atoms with Gasteiger partial charge in [-0.1, -0.05) is 26.7 Å². The van der Waals surface area contributed by atoms with Gasteiger partial charge in [0.2, 0.25) is 0 Å². The van der Waals surface area contributed by atoms with Crippen LogP contribution in [0, 0.1) is 0 Å². The van der Waals surface area contributed by atoms with Gasteiger partial charge in [0.15, 0.2) is 5.88 Å². The minimum atomic E-state index is 0.429. The average molecular weight is 185 g/mol. The largest absolute Gasteiger partial charge is 0.495 e. The van der Waals surface area contributed by atoms with E-state index >= 15 is 0 Å². The molecule has 78 valence electrons. The fraction of sp³-hybridized carbons (Fsp3) is 0.818. The summed E-state index contributed by atoms with van der Waals surface area (Å²) in [7, 11) is 0. The van der Waals surface area contributed by atoms with Gasteiger partial charge in [0.25, 0.3) is 0 Å². The van der Waals surface area contributed by atoms with Crippen LogP contribution in [0.25, 0.3) is 0 Å². The van der Waals surface area contributed by atoms with Gasteiger partial charge in [-0.3, -0.25) is 0 Å². The Labute approximate surface area is 82.3 Å². The van der Waals surface area contributed by atoms with Crippen LogP contribution < -0.4 is 0 Å². The number of rotatable bonds is 7. The van der Waals surface area contributed by atoms with E-state index in [0.717, 1.165) is 19.5 Å². The summed E-state index contributed by atoms with van der Waals surface area (Å²) in [6.45, 7) is 8.14. The Kier molecular flexibility index (Phi) is 7.56. The quantitative estimate of drug-likeness (QED) is 0.486. The van der Waals surface area contributed by atoms with Crippen molar-refractivity contribution < 1.29 is 5.11 Å². The molecule has 13 heavy (non-hydrogen) atoms. The lowest BCUT2D eigenvalue weighted by Crippen LogP contribution is -2.24. The second-order valence-electron chi connectivity index (χ2n) is 3.34. The maximum Gasteiger partial charge on any atom is 0.182 e. The summed E-state index contributed by atoms with van der Waals surface area (Å²) in [5.74, 6) is 0.429. The van der Waals surface area contributed by atoms with E-state index in [4.69, 9.17) is 0 Å². The molecule has 0 aliphatic heterocycles. The Morgan fingerprint density at radius 1 is 1.15 bits per heavy atom. The first-order valence-electron chi connectivity index (χ1n) is 5.36. The lowest BCUT2D eigenvalue weighted by molar-refractivity contribution is 0.197. The van der Waals surface area contributed by atoms with Crippen molar-refractivity contribution in [1.82, 2.24) is 4.90 Å². The van der Waals surface area contributed by atoms with Gasteiger partial charge in [0, 0.05) is 13.1 Å². The Morgan fingerprint density at radius 3 is 2.31 bits per heavy atom. The molecule has 0 aliphatic rings. The van der Waals surface area contributed by atoms with E-state index in [1.54, 1.807) is 6.08 Å². The molecule has 0 spiro atoms. The van der Waals surface area contributed by atoms with Gasteiger partial charge in [0.1, 0.15) is 0 Å². The van der Waals surface area contributed by atoms with Crippen LogP contribution in [0.4, 0.5) is 0 Å². The van der Waals surface area contributed by atoms with Gasteiger partial charge in [-0.15, -0.1) is 0 Å². The van der Waals surface area contributed by atoms with Crippen LogP contribution in [0.15, 0.2) is 12.0 Å². The molecule has 0 fully saturated rings. The zero-order valence-corrected chi connectivity index (χ0v) is 9.21. The zero-order chi connectivity index (χ0) is 10.1. The highest BCUT2D eigenvalue weighted by atomic mass is 16.3. The summed E-state index contributed by atoms with van der Waals surface area (Å²) in [6, 6.07) is 0. The molecule has 0 atom stereocenters. The van der Waals surface area contributed by atoms with Gasteiger partial charge in [-0.2, -0.15) is 0 Å². The number of aliphatic hydroxyl groups excluding tert-OH is 1. The number of hydrogen-bond donors (Lipinski definition) is 1. The average Bonchev–Trinajstić information content (AvgIpc) is 2.16. The molecule has 0 unspecified atom stereocenters. The van der Waals surface area contributed by atoms with E-state index < -0.39 is 0 Å². The molecule has 0 aliphatic carbocycles. The fourth-order valence-electron chi connectivity index (χ4n) is 1.35. The lowest BCUT2D eigenvalue weighted by atomic mass is 10.2. The molecule has 0 aromatic rings. The highest BCUT2D eigenvalue weighted by Gasteiger charge is 2.04. The van der Waals surface area contributed by atoms with Crippen LogP contribution in [0.3, 0.4) is 0 Å². The first-order valence-corrected chi connectivity index (χ1v) is 5.36. The fourth-order valence-corrected chi connectivity index (χ4v) is 1.35. The maximum atomic E-state index is 9.54. The molecule has 2 nitrogen and oxygen atoms in total. The first-order chi connectivity index (χ1) is 6.26. The maximum absolute atomic E-state index is 9.54. The first kappa shape index (κ1) is 12.3. The normalized spacial score (nSPS) is 11.8. The second kappa shape index (κ2) is 7.96. The van der Waals surface area contributed by atoms with Crippen molar-refractivity contribution in [2.75, 3.05) is 13.1 Å². The van der Waals surface area contributed by atoms with Crippen LogP contribution in [0.5, 0.6) is 0 Å². The Balaban J connectivity index is 3.80. The van der Waals surface area contributed by atoms with Gasteiger partial charge in [-0.25, -0.2) is 0 Å². The van der Waals surface area contributed by atoms with Gasteiger partial charge < -0.3 is 10.0 Å². The number of aliphatic hydroxyl groups is 1. The van der Waals surface area contributed by atoms with Crippen LogP contribution in [0.1, 0.15) is 46.5 Å². The third-order valence-electron chi connectivity index (χ3n) is 2.11. The lowest BCUT2D eigenvalue weighted by Gasteiger charge is -2.22. The molecule has 0 saturated heterocycles. The summed E-state index contributed by atoms with van der Waals surface area (Å²) in [6.07, 6.45) is 6.51. The highest BCUT2D eigenvalue weighted by Crippen LogP contribution is 2.05.